The number of carbonyl (C=O) groups excluding carboxylic acids is 1. The number of nitrogens with two attached hydrogens (primary N) is 1. The number of rotatable bonds is 2. The number of nitrogens with one attached hydrogen (secondary N) is 2. The third-order valence-corrected chi connectivity index (χ3v) is 2.69. The number of urea groups is 1. The maximum absolute atomic E-state index is 11.7. The van der Waals surface area contributed by atoms with Crippen LogP contribution < -0.4 is 16.4 Å². The van der Waals surface area contributed by atoms with Crippen LogP contribution >= 0.6 is 0 Å². The van der Waals surface area contributed by atoms with Gasteiger partial charge in [0, 0.05) is 6.61 Å². The lowest BCUT2D eigenvalue weighted by Crippen LogP contribution is -2.38. The normalized spacial score (nSPS) is 18.1. The molecule has 1 fully saturated rings. The molecule has 2 rings (SSSR count). The van der Waals surface area contributed by atoms with Crippen LogP contribution in [0.4, 0.5) is 16.2 Å². The number of amides is 2. The first kappa shape index (κ1) is 12.2. The highest BCUT2D eigenvalue weighted by atomic mass is 16.5. The van der Waals surface area contributed by atoms with Gasteiger partial charge in [-0.2, -0.15) is 5.26 Å². The average Bonchev–Trinajstić information content (AvgIpc) is 2.84. The summed E-state index contributed by atoms with van der Waals surface area (Å²) in [4.78, 5) is 11.7. The number of ether oxygens (including phenoxy) is 1. The molecule has 0 aliphatic carbocycles. The zero-order valence-electron chi connectivity index (χ0n) is 9.77. The van der Waals surface area contributed by atoms with Crippen molar-refractivity contribution in [1.82, 2.24) is 5.32 Å². The second kappa shape index (κ2) is 5.38. The van der Waals surface area contributed by atoms with Crippen molar-refractivity contribution in [1.29, 1.82) is 5.26 Å². The predicted molar refractivity (Wildman–Crippen MR) is 66.9 cm³/mol. The molecule has 1 aromatic carbocycles. The smallest absolute Gasteiger partial charge is 0.319 e. The predicted octanol–water partition coefficient (Wildman–Crippen LogP) is 1.05. The van der Waals surface area contributed by atoms with Crippen molar-refractivity contribution in [3.63, 3.8) is 0 Å². The maximum Gasteiger partial charge on any atom is 0.319 e. The molecule has 94 valence electrons. The zero-order valence-corrected chi connectivity index (χ0v) is 9.77. The first-order valence-electron chi connectivity index (χ1n) is 5.64. The van der Waals surface area contributed by atoms with Crippen LogP contribution in [0.5, 0.6) is 0 Å². The molecular weight excluding hydrogens is 232 g/mol. The van der Waals surface area contributed by atoms with E-state index in [2.05, 4.69) is 10.6 Å². The van der Waals surface area contributed by atoms with Gasteiger partial charge in [0.1, 0.15) is 0 Å². The lowest BCUT2D eigenvalue weighted by molar-refractivity contribution is 0.189. The minimum Gasteiger partial charge on any atom is -0.397 e. The standard InChI is InChI=1S/C12H14N4O2/c13-6-8-1-2-11(10(14)5-8)16-12(17)15-9-3-4-18-7-9/h1-2,5,9H,3-4,7,14H2,(H2,15,16,17). The molecule has 6 nitrogen and oxygen atoms in total. The molecule has 1 unspecified atom stereocenters. The lowest BCUT2D eigenvalue weighted by atomic mass is 10.2. The second-order valence-corrected chi connectivity index (χ2v) is 4.07. The monoisotopic (exact) mass is 246 g/mol. The number of carbonyl (C=O) groups is 1. The highest BCUT2D eigenvalue weighted by molar-refractivity contribution is 5.92. The number of nitrogen functional groups attached to an aromatic ring is 1. The van der Waals surface area contributed by atoms with Gasteiger partial charge < -0.3 is 21.1 Å². The maximum atomic E-state index is 11.7. The Balaban J connectivity index is 1.96. The third kappa shape index (κ3) is 2.90. The molecule has 0 aromatic heterocycles. The lowest BCUT2D eigenvalue weighted by Gasteiger charge is -2.13. The fourth-order valence-corrected chi connectivity index (χ4v) is 1.74. The number of nitriles is 1. The number of hydrogen-bond acceptors (Lipinski definition) is 4. The summed E-state index contributed by atoms with van der Waals surface area (Å²) in [6.07, 6.45) is 0.816. The molecule has 1 saturated heterocycles. The van der Waals surface area contributed by atoms with E-state index in [4.69, 9.17) is 15.7 Å². The van der Waals surface area contributed by atoms with Gasteiger partial charge in [-0.05, 0) is 24.6 Å². The number of benzene rings is 1. The van der Waals surface area contributed by atoms with E-state index >= 15 is 0 Å². The van der Waals surface area contributed by atoms with Crippen molar-refractivity contribution >= 4 is 17.4 Å². The Bertz CT molecular complexity index is 489. The fraction of sp³-hybridized carbons (Fsp3) is 0.333. The van der Waals surface area contributed by atoms with Crippen LogP contribution in [0.15, 0.2) is 18.2 Å². The van der Waals surface area contributed by atoms with E-state index in [1.54, 1.807) is 12.1 Å². The Kier molecular flexibility index (Phi) is 3.65. The summed E-state index contributed by atoms with van der Waals surface area (Å²) in [6, 6.07) is 6.44. The third-order valence-electron chi connectivity index (χ3n) is 2.69. The molecule has 1 aliphatic rings. The van der Waals surface area contributed by atoms with E-state index in [1.165, 1.54) is 6.07 Å². The molecule has 6 heteroatoms. The molecule has 18 heavy (non-hydrogen) atoms. The largest absolute Gasteiger partial charge is 0.397 e. The Morgan fingerprint density at radius 2 is 2.39 bits per heavy atom. The molecule has 0 spiro atoms. The van der Waals surface area contributed by atoms with E-state index in [9.17, 15) is 4.79 Å². The second-order valence-electron chi connectivity index (χ2n) is 4.07. The van der Waals surface area contributed by atoms with E-state index < -0.39 is 0 Å². The van der Waals surface area contributed by atoms with Crippen LogP contribution in [-0.4, -0.2) is 25.3 Å². The molecule has 0 radical (unpaired) electrons. The summed E-state index contributed by atoms with van der Waals surface area (Å²) in [5.41, 5.74) is 7.05. The molecule has 1 atom stereocenters. The van der Waals surface area contributed by atoms with E-state index in [1.807, 2.05) is 6.07 Å². The quantitative estimate of drug-likeness (QED) is 0.679. The van der Waals surface area contributed by atoms with Gasteiger partial charge in [-0.3, -0.25) is 0 Å². The van der Waals surface area contributed by atoms with Crippen LogP contribution in [0.2, 0.25) is 0 Å². The molecule has 2 amide bonds. The Morgan fingerprint density at radius 1 is 1.56 bits per heavy atom. The van der Waals surface area contributed by atoms with Crippen LogP contribution in [0, 0.1) is 11.3 Å². The van der Waals surface area contributed by atoms with Crippen molar-refractivity contribution in [2.75, 3.05) is 24.3 Å². The van der Waals surface area contributed by atoms with Crippen LogP contribution in [0.1, 0.15) is 12.0 Å². The molecule has 1 aromatic rings. The van der Waals surface area contributed by atoms with Gasteiger partial charge in [-0.15, -0.1) is 0 Å². The van der Waals surface area contributed by atoms with Crippen LogP contribution in [0.3, 0.4) is 0 Å². The van der Waals surface area contributed by atoms with Gasteiger partial charge in [0.15, 0.2) is 0 Å². The minimum absolute atomic E-state index is 0.0459. The van der Waals surface area contributed by atoms with Gasteiger partial charge in [0.05, 0.1) is 35.7 Å². The van der Waals surface area contributed by atoms with E-state index in [0.717, 1.165) is 6.42 Å². The first-order chi connectivity index (χ1) is 8.69. The highest BCUT2D eigenvalue weighted by Gasteiger charge is 2.17. The molecule has 0 bridgehead atoms. The minimum atomic E-state index is -0.318. The molecule has 1 aliphatic heterocycles. The van der Waals surface area contributed by atoms with Crippen molar-refractivity contribution in [3.05, 3.63) is 23.8 Å². The number of nitrogens with zero attached hydrogens (tertiary/aromatic N) is 1. The summed E-state index contributed by atoms with van der Waals surface area (Å²) in [5, 5.41) is 14.1. The highest BCUT2D eigenvalue weighted by Crippen LogP contribution is 2.19. The topological polar surface area (TPSA) is 100 Å². The van der Waals surface area contributed by atoms with Gasteiger partial charge >= 0.3 is 6.03 Å². The Morgan fingerprint density at radius 3 is 3.00 bits per heavy atom. The molecule has 1 heterocycles. The molecular formula is C12H14N4O2. The SMILES string of the molecule is N#Cc1ccc(NC(=O)NC2CCOC2)c(N)c1. The number of anilines is 2. The summed E-state index contributed by atoms with van der Waals surface area (Å²) in [6.45, 7) is 1.21. The molecule has 0 saturated carbocycles. The summed E-state index contributed by atoms with van der Waals surface area (Å²) in [5.74, 6) is 0. The van der Waals surface area contributed by atoms with Crippen molar-refractivity contribution in [2.24, 2.45) is 0 Å². The number of hydrogen-bond donors (Lipinski definition) is 3. The Hall–Kier alpha value is -2.26. The average molecular weight is 246 g/mol. The molecule has 4 N–H and O–H groups in total. The van der Waals surface area contributed by atoms with Crippen molar-refractivity contribution in [3.8, 4) is 6.07 Å². The van der Waals surface area contributed by atoms with Gasteiger partial charge in [-0.1, -0.05) is 0 Å². The van der Waals surface area contributed by atoms with Crippen LogP contribution in [-0.2, 0) is 4.74 Å². The first-order valence-corrected chi connectivity index (χ1v) is 5.64. The zero-order chi connectivity index (χ0) is 13.0. The summed E-state index contributed by atoms with van der Waals surface area (Å²) in [7, 11) is 0. The van der Waals surface area contributed by atoms with Gasteiger partial charge in [-0.25, -0.2) is 4.79 Å². The van der Waals surface area contributed by atoms with Gasteiger partial charge in [0.2, 0.25) is 0 Å². The van der Waals surface area contributed by atoms with E-state index in [0.29, 0.717) is 30.2 Å². The van der Waals surface area contributed by atoms with Crippen molar-refractivity contribution in [2.45, 2.75) is 12.5 Å². The summed E-state index contributed by atoms with van der Waals surface area (Å²) >= 11 is 0. The van der Waals surface area contributed by atoms with Gasteiger partial charge in [0.25, 0.3) is 0 Å². The van der Waals surface area contributed by atoms with Crippen LogP contribution in [0.25, 0.3) is 0 Å². The summed E-state index contributed by atoms with van der Waals surface area (Å²) < 4.78 is 5.16. The van der Waals surface area contributed by atoms with Crippen molar-refractivity contribution < 1.29 is 9.53 Å². The fourth-order valence-electron chi connectivity index (χ4n) is 1.74. The Labute approximate surface area is 105 Å². The van der Waals surface area contributed by atoms with E-state index in [-0.39, 0.29) is 12.1 Å².